The van der Waals surface area contributed by atoms with E-state index < -0.39 is 5.97 Å². The number of hydrogen-bond acceptors (Lipinski definition) is 3. The van der Waals surface area contributed by atoms with Gasteiger partial charge in [-0.15, -0.1) is 0 Å². The maximum atomic E-state index is 10.9. The number of nitrogens with one attached hydrogen (secondary N) is 1. The summed E-state index contributed by atoms with van der Waals surface area (Å²) in [6.07, 6.45) is 1.11. The van der Waals surface area contributed by atoms with Crippen molar-refractivity contribution in [3.8, 4) is 0 Å². The summed E-state index contributed by atoms with van der Waals surface area (Å²) in [5, 5.41) is 12.6. The third-order valence-corrected chi connectivity index (χ3v) is 4.56. The Hall–Kier alpha value is -2.17. The molecule has 1 heterocycles. The van der Waals surface area contributed by atoms with Crippen molar-refractivity contribution in [3.63, 3.8) is 0 Å². The predicted molar refractivity (Wildman–Crippen MR) is 90.5 cm³/mol. The van der Waals surface area contributed by atoms with Gasteiger partial charge in [0.1, 0.15) is 0 Å². The zero-order valence-electron chi connectivity index (χ0n) is 13.3. The zero-order valence-corrected chi connectivity index (χ0v) is 13.3. The normalized spacial score (nSPS) is 21.4. The molecule has 2 unspecified atom stereocenters. The third-order valence-electron chi connectivity index (χ3n) is 4.56. The van der Waals surface area contributed by atoms with E-state index in [0.717, 1.165) is 25.1 Å². The van der Waals surface area contributed by atoms with E-state index in [4.69, 9.17) is 5.11 Å². The summed E-state index contributed by atoms with van der Waals surface area (Å²) >= 11 is 0. The second-order valence-corrected chi connectivity index (χ2v) is 6.11. The number of likely N-dealkylation sites (tertiary alicyclic amines) is 1. The molecule has 1 saturated heterocycles. The quantitative estimate of drug-likeness (QED) is 0.891. The Morgan fingerprint density at radius 3 is 2.52 bits per heavy atom. The second kappa shape index (κ2) is 6.94. The van der Waals surface area contributed by atoms with Crippen molar-refractivity contribution in [2.24, 2.45) is 0 Å². The minimum absolute atomic E-state index is 0.330. The number of carbonyl (C=O) groups is 1. The SMILES string of the molecule is CN1CCC(NCc2ccc(C(=O)O)cc2)C1c1ccccc1. The highest BCUT2D eigenvalue weighted by Crippen LogP contribution is 2.30. The summed E-state index contributed by atoms with van der Waals surface area (Å²) in [5.41, 5.74) is 2.78. The minimum atomic E-state index is -0.883. The number of benzene rings is 2. The fraction of sp³-hybridized carbons (Fsp3) is 0.316. The molecular formula is C19H22N2O2. The molecule has 1 aliphatic rings. The third kappa shape index (κ3) is 3.60. The van der Waals surface area contributed by atoms with E-state index in [1.54, 1.807) is 12.1 Å². The first-order valence-electron chi connectivity index (χ1n) is 7.96. The number of carboxylic acids is 1. The molecule has 0 amide bonds. The highest BCUT2D eigenvalue weighted by molar-refractivity contribution is 5.87. The van der Waals surface area contributed by atoms with Crippen LogP contribution < -0.4 is 5.32 Å². The standard InChI is InChI=1S/C19H22N2O2/c1-21-12-11-17(18(21)15-5-3-2-4-6-15)20-13-14-7-9-16(10-8-14)19(22)23/h2-10,17-18,20H,11-13H2,1H3,(H,22,23). The summed E-state index contributed by atoms with van der Waals surface area (Å²) < 4.78 is 0. The highest BCUT2D eigenvalue weighted by atomic mass is 16.4. The van der Waals surface area contributed by atoms with Crippen molar-refractivity contribution in [2.75, 3.05) is 13.6 Å². The van der Waals surface area contributed by atoms with Gasteiger partial charge < -0.3 is 10.4 Å². The van der Waals surface area contributed by atoms with Gasteiger partial charge in [0.05, 0.1) is 5.56 Å². The van der Waals surface area contributed by atoms with Crippen LogP contribution in [0.25, 0.3) is 0 Å². The summed E-state index contributed by atoms with van der Waals surface area (Å²) in [5.74, 6) is -0.883. The zero-order chi connectivity index (χ0) is 16.2. The van der Waals surface area contributed by atoms with Gasteiger partial charge in [-0.3, -0.25) is 4.90 Å². The van der Waals surface area contributed by atoms with Crippen LogP contribution in [0.4, 0.5) is 0 Å². The lowest BCUT2D eigenvalue weighted by molar-refractivity contribution is 0.0697. The molecule has 4 heteroatoms. The van der Waals surface area contributed by atoms with E-state index in [1.807, 2.05) is 18.2 Å². The van der Waals surface area contributed by atoms with Crippen LogP contribution in [0.5, 0.6) is 0 Å². The highest BCUT2D eigenvalue weighted by Gasteiger charge is 2.32. The molecule has 0 aromatic heterocycles. The molecule has 2 atom stereocenters. The van der Waals surface area contributed by atoms with E-state index in [-0.39, 0.29) is 0 Å². The number of carboxylic acid groups (broad SMARTS) is 1. The first kappa shape index (κ1) is 15.7. The van der Waals surface area contributed by atoms with Gasteiger partial charge >= 0.3 is 5.97 Å². The smallest absolute Gasteiger partial charge is 0.335 e. The molecule has 1 aliphatic heterocycles. The van der Waals surface area contributed by atoms with Crippen LogP contribution in [0.3, 0.4) is 0 Å². The van der Waals surface area contributed by atoms with E-state index in [9.17, 15) is 4.79 Å². The van der Waals surface area contributed by atoms with Gasteiger partial charge in [-0.25, -0.2) is 4.79 Å². The second-order valence-electron chi connectivity index (χ2n) is 6.11. The molecule has 4 nitrogen and oxygen atoms in total. The largest absolute Gasteiger partial charge is 0.478 e. The molecule has 0 spiro atoms. The first-order valence-corrected chi connectivity index (χ1v) is 7.96. The number of rotatable bonds is 5. The number of hydrogen-bond donors (Lipinski definition) is 2. The fourth-order valence-corrected chi connectivity index (χ4v) is 3.31. The topological polar surface area (TPSA) is 52.6 Å². The molecule has 2 aromatic rings. The molecule has 120 valence electrons. The molecule has 23 heavy (non-hydrogen) atoms. The number of likely N-dealkylation sites (N-methyl/N-ethyl adjacent to an activating group) is 1. The summed E-state index contributed by atoms with van der Waals surface area (Å²) in [7, 11) is 2.17. The van der Waals surface area contributed by atoms with E-state index in [0.29, 0.717) is 17.6 Å². The minimum Gasteiger partial charge on any atom is -0.478 e. The lowest BCUT2D eigenvalue weighted by Gasteiger charge is -2.26. The Morgan fingerprint density at radius 1 is 1.17 bits per heavy atom. The van der Waals surface area contributed by atoms with Crippen LogP contribution in [0.15, 0.2) is 54.6 Å². The molecule has 0 aliphatic carbocycles. The summed E-state index contributed by atoms with van der Waals surface area (Å²) in [4.78, 5) is 13.3. The van der Waals surface area contributed by atoms with Gasteiger partial charge in [-0.1, -0.05) is 42.5 Å². The van der Waals surface area contributed by atoms with E-state index in [2.05, 4.69) is 41.5 Å². The predicted octanol–water partition coefficient (Wildman–Crippen LogP) is 2.92. The average Bonchev–Trinajstić information content (AvgIpc) is 2.95. The average molecular weight is 310 g/mol. The van der Waals surface area contributed by atoms with Crippen LogP contribution in [0.2, 0.25) is 0 Å². The van der Waals surface area contributed by atoms with Gasteiger partial charge in [-0.2, -0.15) is 0 Å². The summed E-state index contributed by atoms with van der Waals surface area (Å²) in [6, 6.07) is 18.5. The van der Waals surface area contributed by atoms with Gasteiger partial charge in [0, 0.05) is 25.2 Å². The van der Waals surface area contributed by atoms with Crippen molar-refractivity contribution < 1.29 is 9.90 Å². The van der Waals surface area contributed by atoms with E-state index >= 15 is 0 Å². The lowest BCUT2D eigenvalue weighted by Crippen LogP contribution is -2.34. The van der Waals surface area contributed by atoms with Crippen LogP contribution in [0, 0.1) is 0 Å². The Kier molecular flexibility index (Phi) is 4.74. The van der Waals surface area contributed by atoms with Gasteiger partial charge in [0.15, 0.2) is 0 Å². The molecule has 3 rings (SSSR count). The number of nitrogens with zero attached hydrogens (tertiary/aromatic N) is 1. The first-order chi connectivity index (χ1) is 11.1. The van der Waals surface area contributed by atoms with Gasteiger partial charge in [-0.05, 0) is 36.7 Å². The Labute approximate surface area is 136 Å². The van der Waals surface area contributed by atoms with Gasteiger partial charge in [0.25, 0.3) is 0 Å². The maximum absolute atomic E-state index is 10.9. The Bertz CT molecular complexity index is 655. The Morgan fingerprint density at radius 2 is 1.87 bits per heavy atom. The van der Waals surface area contributed by atoms with Crippen molar-refractivity contribution in [3.05, 3.63) is 71.3 Å². The summed E-state index contributed by atoms with van der Waals surface area (Å²) in [6.45, 7) is 1.83. The number of aromatic carboxylic acids is 1. The van der Waals surface area contributed by atoms with Crippen molar-refractivity contribution in [2.45, 2.75) is 25.0 Å². The van der Waals surface area contributed by atoms with Crippen molar-refractivity contribution in [1.29, 1.82) is 0 Å². The molecule has 2 aromatic carbocycles. The molecule has 0 bridgehead atoms. The monoisotopic (exact) mass is 310 g/mol. The Balaban J connectivity index is 1.66. The molecule has 1 fully saturated rings. The van der Waals surface area contributed by atoms with Crippen LogP contribution in [-0.2, 0) is 6.54 Å². The maximum Gasteiger partial charge on any atom is 0.335 e. The van der Waals surface area contributed by atoms with Gasteiger partial charge in [0.2, 0.25) is 0 Å². The fourth-order valence-electron chi connectivity index (χ4n) is 3.31. The lowest BCUT2D eigenvalue weighted by atomic mass is 10.00. The molecular weight excluding hydrogens is 288 g/mol. The van der Waals surface area contributed by atoms with Crippen LogP contribution >= 0.6 is 0 Å². The van der Waals surface area contributed by atoms with Crippen molar-refractivity contribution in [1.82, 2.24) is 10.2 Å². The van der Waals surface area contributed by atoms with Crippen LogP contribution in [-0.4, -0.2) is 35.6 Å². The van der Waals surface area contributed by atoms with Crippen molar-refractivity contribution >= 4 is 5.97 Å². The van der Waals surface area contributed by atoms with E-state index in [1.165, 1.54) is 5.56 Å². The molecule has 0 radical (unpaired) electrons. The molecule has 0 saturated carbocycles. The van der Waals surface area contributed by atoms with Crippen LogP contribution in [0.1, 0.15) is 33.9 Å². The molecule has 2 N–H and O–H groups in total.